The van der Waals surface area contributed by atoms with Crippen molar-refractivity contribution < 1.29 is 24.4 Å². The lowest BCUT2D eigenvalue weighted by Gasteiger charge is -2.45. The summed E-state index contributed by atoms with van der Waals surface area (Å²) >= 11 is 0. The molecule has 0 aromatic carbocycles. The second-order valence-electron chi connectivity index (χ2n) is 8.72. The van der Waals surface area contributed by atoms with E-state index in [1.807, 2.05) is 6.08 Å². The highest BCUT2D eigenvalue weighted by atomic mass is 16.6. The molecule has 152 valence electrons. The van der Waals surface area contributed by atoms with E-state index in [0.29, 0.717) is 30.5 Å². The SMILES string of the molecule is COC1CCC(C(O)COC2C=C3OC(O)C4CCC=C[C@@H]4[C@@H]3CC2)CC1. The fraction of sp³-hybridized carbons (Fsp3) is 0.818. The van der Waals surface area contributed by atoms with Crippen LogP contribution in [0.1, 0.15) is 51.4 Å². The number of hydrogen-bond acceptors (Lipinski definition) is 5. The van der Waals surface area contributed by atoms with Crippen LogP contribution in [0.5, 0.6) is 0 Å². The van der Waals surface area contributed by atoms with Gasteiger partial charge in [-0.05, 0) is 69.3 Å². The van der Waals surface area contributed by atoms with Crippen molar-refractivity contribution in [2.45, 2.75) is 76.0 Å². The summed E-state index contributed by atoms with van der Waals surface area (Å²) < 4.78 is 17.3. The number of allylic oxidation sites excluding steroid dienone is 3. The predicted octanol–water partition coefficient (Wildman–Crippen LogP) is 3.16. The van der Waals surface area contributed by atoms with Crippen LogP contribution in [-0.2, 0) is 14.2 Å². The highest BCUT2D eigenvalue weighted by Crippen LogP contribution is 2.46. The molecule has 0 amide bonds. The Hall–Kier alpha value is -0.880. The van der Waals surface area contributed by atoms with E-state index >= 15 is 0 Å². The number of rotatable bonds is 5. The Balaban J connectivity index is 1.30. The molecule has 0 aromatic rings. The van der Waals surface area contributed by atoms with Crippen molar-refractivity contribution >= 4 is 0 Å². The summed E-state index contributed by atoms with van der Waals surface area (Å²) in [5.74, 6) is 2.17. The molecule has 2 fully saturated rings. The first-order valence-electron chi connectivity index (χ1n) is 10.7. The number of fused-ring (bicyclic) bond motifs is 3. The van der Waals surface area contributed by atoms with E-state index in [-0.39, 0.29) is 12.0 Å². The summed E-state index contributed by atoms with van der Waals surface area (Å²) in [7, 11) is 1.77. The molecule has 5 heteroatoms. The van der Waals surface area contributed by atoms with Crippen molar-refractivity contribution in [2.24, 2.45) is 23.7 Å². The van der Waals surface area contributed by atoms with Crippen LogP contribution in [0.15, 0.2) is 24.0 Å². The molecular formula is C22H34O5. The minimum atomic E-state index is -0.706. The summed E-state index contributed by atoms with van der Waals surface area (Å²) in [5.41, 5.74) is 0. The van der Waals surface area contributed by atoms with E-state index in [0.717, 1.165) is 57.1 Å². The molecule has 0 aromatic heterocycles. The Morgan fingerprint density at radius 3 is 2.74 bits per heavy atom. The zero-order valence-corrected chi connectivity index (χ0v) is 16.3. The van der Waals surface area contributed by atoms with Gasteiger partial charge in [0.1, 0.15) is 5.76 Å². The van der Waals surface area contributed by atoms with Gasteiger partial charge in [0, 0.05) is 18.9 Å². The maximum atomic E-state index is 10.5. The Morgan fingerprint density at radius 1 is 1.15 bits per heavy atom. The van der Waals surface area contributed by atoms with Crippen LogP contribution in [0.2, 0.25) is 0 Å². The van der Waals surface area contributed by atoms with Gasteiger partial charge in [0.2, 0.25) is 0 Å². The number of hydrogen-bond donors (Lipinski definition) is 2. The Morgan fingerprint density at radius 2 is 1.96 bits per heavy atom. The summed E-state index contributed by atoms with van der Waals surface area (Å²) in [6.45, 7) is 0.371. The lowest BCUT2D eigenvalue weighted by atomic mass is 9.70. The van der Waals surface area contributed by atoms with E-state index in [9.17, 15) is 10.2 Å². The zero-order chi connectivity index (χ0) is 18.8. The molecular weight excluding hydrogens is 344 g/mol. The zero-order valence-electron chi connectivity index (χ0n) is 16.3. The van der Waals surface area contributed by atoms with Crippen molar-refractivity contribution in [1.82, 2.24) is 0 Å². The molecule has 0 spiro atoms. The van der Waals surface area contributed by atoms with Gasteiger partial charge >= 0.3 is 0 Å². The summed E-state index contributed by atoms with van der Waals surface area (Å²) in [5, 5.41) is 20.9. The molecule has 1 heterocycles. The summed E-state index contributed by atoms with van der Waals surface area (Å²) in [6.07, 6.45) is 13.8. The highest BCUT2D eigenvalue weighted by Gasteiger charge is 2.44. The van der Waals surface area contributed by atoms with Crippen molar-refractivity contribution in [1.29, 1.82) is 0 Å². The smallest absolute Gasteiger partial charge is 0.200 e. The molecule has 4 unspecified atom stereocenters. The molecule has 4 aliphatic rings. The molecule has 2 N–H and O–H groups in total. The van der Waals surface area contributed by atoms with Crippen LogP contribution in [0.4, 0.5) is 0 Å². The second-order valence-corrected chi connectivity index (χ2v) is 8.72. The predicted molar refractivity (Wildman–Crippen MR) is 102 cm³/mol. The lowest BCUT2D eigenvalue weighted by molar-refractivity contribution is -0.164. The van der Waals surface area contributed by atoms with Gasteiger partial charge in [-0.2, -0.15) is 0 Å². The monoisotopic (exact) mass is 378 g/mol. The minimum absolute atomic E-state index is 0.0301. The van der Waals surface area contributed by atoms with Crippen molar-refractivity contribution in [3.63, 3.8) is 0 Å². The van der Waals surface area contributed by atoms with E-state index < -0.39 is 12.4 Å². The topological polar surface area (TPSA) is 68.2 Å². The first-order chi connectivity index (χ1) is 13.2. The third-order valence-electron chi connectivity index (χ3n) is 7.16. The van der Waals surface area contributed by atoms with E-state index in [1.54, 1.807) is 7.11 Å². The van der Waals surface area contributed by atoms with Crippen LogP contribution in [0.25, 0.3) is 0 Å². The quantitative estimate of drug-likeness (QED) is 0.719. The van der Waals surface area contributed by atoms with Crippen molar-refractivity contribution in [2.75, 3.05) is 13.7 Å². The highest BCUT2D eigenvalue weighted by molar-refractivity contribution is 5.17. The minimum Gasteiger partial charge on any atom is -0.469 e. The first-order valence-corrected chi connectivity index (χ1v) is 10.7. The first kappa shape index (κ1) is 19.4. The van der Waals surface area contributed by atoms with Crippen LogP contribution < -0.4 is 0 Å². The van der Waals surface area contributed by atoms with E-state index in [2.05, 4.69) is 12.2 Å². The van der Waals surface area contributed by atoms with Gasteiger partial charge in [-0.1, -0.05) is 12.2 Å². The van der Waals surface area contributed by atoms with Gasteiger partial charge in [0.05, 0.1) is 24.9 Å². The molecule has 1 aliphatic heterocycles. The molecule has 6 atom stereocenters. The summed E-state index contributed by atoms with van der Waals surface area (Å²) in [4.78, 5) is 0. The van der Waals surface area contributed by atoms with Crippen LogP contribution in [-0.4, -0.2) is 48.5 Å². The normalized spacial score (nSPS) is 42.5. The molecule has 1 saturated heterocycles. The van der Waals surface area contributed by atoms with Gasteiger partial charge < -0.3 is 24.4 Å². The van der Waals surface area contributed by atoms with Gasteiger partial charge in [-0.3, -0.25) is 0 Å². The molecule has 0 radical (unpaired) electrons. The molecule has 4 rings (SSSR count). The fourth-order valence-corrected chi connectivity index (χ4v) is 5.45. The lowest BCUT2D eigenvalue weighted by Crippen LogP contribution is -2.43. The largest absolute Gasteiger partial charge is 0.469 e. The molecule has 0 bridgehead atoms. The van der Waals surface area contributed by atoms with E-state index in [1.165, 1.54) is 0 Å². The number of ether oxygens (including phenoxy) is 3. The molecule has 1 saturated carbocycles. The molecule has 3 aliphatic carbocycles. The second kappa shape index (κ2) is 8.64. The molecule has 5 nitrogen and oxygen atoms in total. The van der Waals surface area contributed by atoms with E-state index in [4.69, 9.17) is 14.2 Å². The van der Waals surface area contributed by atoms with Gasteiger partial charge in [0.25, 0.3) is 0 Å². The Bertz CT molecular complexity index is 551. The van der Waals surface area contributed by atoms with Crippen LogP contribution in [0, 0.1) is 23.7 Å². The van der Waals surface area contributed by atoms with Crippen molar-refractivity contribution in [3.05, 3.63) is 24.0 Å². The molecule has 27 heavy (non-hydrogen) atoms. The Kier molecular flexibility index (Phi) is 6.22. The average molecular weight is 379 g/mol. The summed E-state index contributed by atoms with van der Waals surface area (Å²) in [6, 6.07) is 0. The fourth-order valence-electron chi connectivity index (χ4n) is 5.45. The average Bonchev–Trinajstić information content (AvgIpc) is 2.72. The third kappa shape index (κ3) is 4.26. The Labute approximate surface area is 162 Å². The number of aliphatic hydroxyl groups is 2. The maximum absolute atomic E-state index is 10.5. The van der Waals surface area contributed by atoms with Crippen molar-refractivity contribution in [3.8, 4) is 0 Å². The number of aliphatic hydroxyl groups excluding tert-OH is 2. The standard InChI is InChI=1S/C22H34O5/c1-25-15-8-6-14(7-9-15)20(23)13-26-16-10-11-18-17-4-2-3-5-19(17)22(24)27-21(18)12-16/h2,4,12,14-20,22-24H,3,5-11,13H2,1H3/t14?,15?,16?,17-,18+,19?,20?,22?/m1/s1. The van der Waals surface area contributed by atoms with Crippen LogP contribution >= 0.6 is 0 Å². The van der Waals surface area contributed by atoms with Gasteiger partial charge in [-0.15, -0.1) is 0 Å². The number of methoxy groups -OCH3 is 1. The van der Waals surface area contributed by atoms with Crippen LogP contribution in [0.3, 0.4) is 0 Å². The third-order valence-corrected chi connectivity index (χ3v) is 7.16. The van der Waals surface area contributed by atoms with Gasteiger partial charge in [0.15, 0.2) is 6.29 Å². The maximum Gasteiger partial charge on any atom is 0.200 e. The van der Waals surface area contributed by atoms with Gasteiger partial charge in [-0.25, -0.2) is 0 Å².